The monoisotopic (exact) mass is 292 g/mol. The Hall–Kier alpha value is -1.88. The number of esters is 1. The van der Waals surface area contributed by atoms with Gasteiger partial charge in [-0.3, -0.25) is 4.79 Å². The van der Waals surface area contributed by atoms with Crippen LogP contribution in [0.2, 0.25) is 0 Å². The number of rotatable bonds is 9. The molecule has 1 aromatic carbocycles. The van der Waals surface area contributed by atoms with Crippen molar-refractivity contribution in [3.8, 4) is 0 Å². The fraction of sp³-hybridized carbons (Fsp3) is 0.500. The Bertz CT molecular complexity index is 443. The lowest BCUT2D eigenvalue weighted by molar-refractivity contribution is -0.115. The smallest absolute Gasteiger partial charge is 0.338 e. The van der Waals surface area contributed by atoms with Crippen LogP contribution >= 0.6 is 0 Å². The molecule has 0 bridgehead atoms. The van der Waals surface area contributed by atoms with E-state index in [4.69, 9.17) is 4.74 Å². The molecule has 0 radical (unpaired) electrons. The molecular weight excluding hydrogens is 268 g/mol. The minimum absolute atomic E-state index is 0.0956. The summed E-state index contributed by atoms with van der Waals surface area (Å²) in [5.41, 5.74) is 1.16. The van der Waals surface area contributed by atoms with Gasteiger partial charge < -0.3 is 15.4 Å². The average molecular weight is 292 g/mol. The van der Waals surface area contributed by atoms with Crippen LogP contribution in [0, 0.1) is 0 Å². The summed E-state index contributed by atoms with van der Waals surface area (Å²) in [4.78, 5) is 23.3. The Labute approximate surface area is 126 Å². The van der Waals surface area contributed by atoms with E-state index in [2.05, 4.69) is 10.6 Å². The summed E-state index contributed by atoms with van der Waals surface area (Å²) in [7, 11) is 0. The van der Waals surface area contributed by atoms with Gasteiger partial charge in [0.05, 0.1) is 18.7 Å². The molecule has 0 fully saturated rings. The molecular formula is C16H24N2O3. The van der Waals surface area contributed by atoms with Gasteiger partial charge in [0.25, 0.3) is 0 Å². The summed E-state index contributed by atoms with van der Waals surface area (Å²) >= 11 is 0. The molecule has 0 saturated heterocycles. The number of carbonyl (C=O) groups is 2. The first-order valence-electron chi connectivity index (χ1n) is 7.45. The summed E-state index contributed by atoms with van der Waals surface area (Å²) in [6.45, 7) is 5.63. The molecule has 0 atom stereocenters. The number of carbonyl (C=O) groups excluding carboxylic acids is 2. The Morgan fingerprint density at radius 2 is 1.81 bits per heavy atom. The van der Waals surface area contributed by atoms with Crippen LogP contribution in [-0.4, -0.2) is 31.6 Å². The lowest BCUT2D eigenvalue weighted by Crippen LogP contribution is -2.28. The number of ether oxygens (including phenoxy) is 1. The standard InChI is InChI=1S/C16H24N2O3/c1-3-5-11-21-16(20)13-6-8-14(9-7-13)18-15(19)12-17-10-4-2/h6-9,17H,3-5,10-12H2,1-2H3,(H,18,19). The van der Waals surface area contributed by atoms with Crippen molar-refractivity contribution in [1.29, 1.82) is 0 Å². The van der Waals surface area contributed by atoms with Crippen molar-refractivity contribution < 1.29 is 14.3 Å². The fourth-order valence-electron chi connectivity index (χ4n) is 1.67. The first kappa shape index (κ1) is 17.2. The average Bonchev–Trinajstić information content (AvgIpc) is 2.48. The lowest BCUT2D eigenvalue weighted by Gasteiger charge is -2.07. The number of unbranched alkanes of at least 4 members (excludes halogenated alkanes) is 1. The normalized spacial score (nSPS) is 10.2. The molecule has 2 N–H and O–H groups in total. The number of nitrogens with one attached hydrogen (secondary N) is 2. The molecule has 5 heteroatoms. The highest BCUT2D eigenvalue weighted by Gasteiger charge is 2.07. The summed E-state index contributed by atoms with van der Waals surface area (Å²) in [6, 6.07) is 6.72. The van der Waals surface area contributed by atoms with Crippen molar-refractivity contribution in [2.45, 2.75) is 33.1 Å². The first-order chi connectivity index (χ1) is 10.2. The molecule has 0 aliphatic rings. The zero-order valence-corrected chi connectivity index (χ0v) is 12.8. The van der Waals surface area contributed by atoms with Gasteiger partial charge in [-0.25, -0.2) is 4.79 Å². The second-order valence-corrected chi connectivity index (χ2v) is 4.79. The van der Waals surface area contributed by atoms with Crippen LogP contribution < -0.4 is 10.6 Å². The predicted molar refractivity (Wildman–Crippen MR) is 83.4 cm³/mol. The number of amides is 1. The van der Waals surface area contributed by atoms with Gasteiger partial charge in [-0.2, -0.15) is 0 Å². The largest absolute Gasteiger partial charge is 0.462 e. The van der Waals surface area contributed by atoms with E-state index < -0.39 is 0 Å². The highest BCUT2D eigenvalue weighted by molar-refractivity contribution is 5.93. The zero-order chi connectivity index (χ0) is 15.5. The Balaban J connectivity index is 2.42. The SMILES string of the molecule is CCCCOC(=O)c1ccc(NC(=O)CNCCC)cc1. The summed E-state index contributed by atoms with van der Waals surface area (Å²) in [6.07, 6.45) is 2.84. The third-order valence-electron chi connectivity index (χ3n) is 2.85. The molecule has 0 unspecified atom stereocenters. The molecule has 1 rings (SSSR count). The molecule has 0 aliphatic carbocycles. The van der Waals surface area contributed by atoms with Crippen molar-refractivity contribution in [2.75, 3.05) is 25.0 Å². The maximum Gasteiger partial charge on any atom is 0.338 e. The van der Waals surface area contributed by atoms with E-state index in [-0.39, 0.29) is 18.4 Å². The van der Waals surface area contributed by atoms with Crippen molar-refractivity contribution in [1.82, 2.24) is 5.32 Å². The van der Waals surface area contributed by atoms with E-state index in [1.54, 1.807) is 24.3 Å². The molecule has 5 nitrogen and oxygen atoms in total. The van der Waals surface area contributed by atoms with E-state index >= 15 is 0 Å². The van der Waals surface area contributed by atoms with Crippen LogP contribution in [0.5, 0.6) is 0 Å². The van der Waals surface area contributed by atoms with Gasteiger partial charge in [0.15, 0.2) is 0 Å². The Kier molecular flexibility index (Phi) is 8.12. The van der Waals surface area contributed by atoms with Crippen molar-refractivity contribution in [2.24, 2.45) is 0 Å². The van der Waals surface area contributed by atoms with E-state index in [9.17, 15) is 9.59 Å². The van der Waals surface area contributed by atoms with E-state index in [1.165, 1.54) is 0 Å². The third kappa shape index (κ3) is 6.90. The minimum Gasteiger partial charge on any atom is -0.462 e. The van der Waals surface area contributed by atoms with Crippen LogP contribution in [-0.2, 0) is 9.53 Å². The lowest BCUT2D eigenvalue weighted by atomic mass is 10.2. The highest BCUT2D eigenvalue weighted by Crippen LogP contribution is 2.10. The molecule has 116 valence electrons. The first-order valence-corrected chi connectivity index (χ1v) is 7.45. The van der Waals surface area contributed by atoms with Gasteiger partial charge in [0.2, 0.25) is 5.91 Å². The maximum atomic E-state index is 11.7. The van der Waals surface area contributed by atoms with Crippen LogP contribution in [0.1, 0.15) is 43.5 Å². The van der Waals surface area contributed by atoms with Crippen molar-refractivity contribution in [3.05, 3.63) is 29.8 Å². The molecule has 0 aliphatic heterocycles. The quantitative estimate of drug-likeness (QED) is 0.542. The van der Waals surface area contributed by atoms with E-state index in [0.717, 1.165) is 25.8 Å². The molecule has 0 spiro atoms. The van der Waals surface area contributed by atoms with Gasteiger partial charge in [0.1, 0.15) is 0 Å². The molecule has 0 aromatic heterocycles. The van der Waals surface area contributed by atoms with Gasteiger partial charge in [-0.05, 0) is 43.7 Å². The second kappa shape index (κ2) is 9.94. The summed E-state index contributed by atoms with van der Waals surface area (Å²) < 4.78 is 5.12. The number of benzene rings is 1. The van der Waals surface area contributed by atoms with Gasteiger partial charge >= 0.3 is 5.97 Å². The van der Waals surface area contributed by atoms with Gasteiger partial charge in [-0.15, -0.1) is 0 Å². The van der Waals surface area contributed by atoms with Gasteiger partial charge in [0, 0.05) is 5.69 Å². The van der Waals surface area contributed by atoms with Crippen LogP contribution in [0.3, 0.4) is 0 Å². The fourth-order valence-corrected chi connectivity index (χ4v) is 1.67. The van der Waals surface area contributed by atoms with Crippen molar-refractivity contribution in [3.63, 3.8) is 0 Å². The van der Waals surface area contributed by atoms with Crippen LogP contribution in [0.15, 0.2) is 24.3 Å². The minimum atomic E-state index is -0.328. The highest BCUT2D eigenvalue weighted by atomic mass is 16.5. The molecule has 1 aromatic rings. The summed E-state index contributed by atoms with van der Waals surface area (Å²) in [5, 5.41) is 5.79. The Morgan fingerprint density at radius 3 is 2.43 bits per heavy atom. The zero-order valence-electron chi connectivity index (χ0n) is 12.8. The number of anilines is 1. The number of hydrogen-bond donors (Lipinski definition) is 2. The molecule has 1 amide bonds. The third-order valence-corrected chi connectivity index (χ3v) is 2.85. The number of hydrogen-bond acceptors (Lipinski definition) is 4. The molecule has 0 saturated carbocycles. The van der Waals surface area contributed by atoms with E-state index in [0.29, 0.717) is 17.9 Å². The van der Waals surface area contributed by atoms with Crippen LogP contribution in [0.4, 0.5) is 5.69 Å². The predicted octanol–water partition coefficient (Wildman–Crippen LogP) is 2.58. The summed E-state index contributed by atoms with van der Waals surface area (Å²) in [5.74, 6) is -0.423. The maximum absolute atomic E-state index is 11.7. The van der Waals surface area contributed by atoms with Crippen molar-refractivity contribution >= 4 is 17.6 Å². The van der Waals surface area contributed by atoms with Gasteiger partial charge in [-0.1, -0.05) is 20.3 Å². The molecule has 0 heterocycles. The molecule has 21 heavy (non-hydrogen) atoms. The Morgan fingerprint density at radius 1 is 1.10 bits per heavy atom. The topological polar surface area (TPSA) is 67.4 Å². The van der Waals surface area contributed by atoms with Crippen LogP contribution in [0.25, 0.3) is 0 Å². The second-order valence-electron chi connectivity index (χ2n) is 4.79. The van der Waals surface area contributed by atoms with E-state index in [1.807, 2.05) is 13.8 Å².